The summed E-state index contributed by atoms with van der Waals surface area (Å²) in [7, 11) is 1.53. The van der Waals surface area contributed by atoms with Crippen molar-refractivity contribution in [3.8, 4) is 5.00 Å². The molecule has 3 heterocycles. The van der Waals surface area contributed by atoms with E-state index in [0.717, 1.165) is 4.57 Å². The number of aliphatic carboxylic acids is 1. The summed E-state index contributed by atoms with van der Waals surface area (Å²) in [6, 6.07) is 1.75. The second-order valence-electron chi connectivity index (χ2n) is 9.15. The van der Waals surface area contributed by atoms with Gasteiger partial charge in [0.25, 0.3) is 5.56 Å². The number of hydrogen-bond acceptors (Lipinski definition) is 7. The molecule has 0 fully saturated rings. The molecule has 0 aliphatic carbocycles. The monoisotopic (exact) mass is 516 g/mol. The van der Waals surface area contributed by atoms with Crippen LogP contribution in [0.5, 0.6) is 0 Å². The Morgan fingerprint density at radius 2 is 2.00 bits per heavy atom. The number of thiophene rings is 1. The fraction of sp³-hybridized carbons (Fsp3) is 0.440. The van der Waals surface area contributed by atoms with Crippen molar-refractivity contribution in [2.75, 3.05) is 7.11 Å². The van der Waals surface area contributed by atoms with Crippen LogP contribution in [0, 0.1) is 6.92 Å². The molecular formula is C25H32N4O6S. The van der Waals surface area contributed by atoms with Crippen molar-refractivity contribution in [2.45, 2.75) is 65.8 Å². The van der Waals surface area contributed by atoms with Gasteiger partial charge in [-0.25, -0.2) is 18.8 Å². The van der Waals surface area contributed by atoms with E-state index in [4.69, 9.17) is 9.47 Å². The molecule has 194 valence electrons. The summed E-state index contributed by atoms with van der Waals surface area (Å²) in [6.07, 6.45) is 4.11. The number of ether oxygens (including phenoxy) is 2. The van der Waals surface area contributed by atoms with E-state index in [9.17, 15) is 19.5 Å². The van der Waals surface area contributed by atoms with Crippen molar-refractivity contribution in [1.82, 2.24) is 18.9 Å². The standard InChI is InChI=1S/C25H32N4O6S/c1-9-17(16(5)34-8)18(35-14(2)3)13-27-22-19(15(4)21(36-22)28-12-10-11-26-28)20(30)29(24(27)33)25(6,7)23(31)32/h9-12,14,18H,1,13H2,2-8H3,(H,31,32)/b17-16-/t18-/m0/s1. The van der Waals surface area contributed by atoms with Gasteiger partial charge in [0.05, 0.1) is 30.9 Å². The molecule has 36 heavy (non-hydrogen) atoms. The number of carboxylic acids is 1. The molecule has 0 aliphatic rings. The minimum Gasteiger partial charge on any atom is -0.501 e. The number of allylic oxidation sites excluding steroid dienone is 1. The largest absolute Gasteiger partial charge is 0.501 e. The lowest BCUT2D eigenvalue weighted by Crippen LogP contribution is -2.53. The van der Waals surface area contributed by atoms with Crippen LogP contribution in [0.4, 0.5) is 0 Å². The topological polar surface area (TPSA) is 118 Å². The zero-order valence-corrected chi connectivity index (χ0v) is 22.4. The minimum absolute atomic E-state index is 0.00401. The fourth-order valence-electron chi connectivity index (χ4n) is 4.02. The number of nitrogens with zero attached hydrogens (tertiary/aromatic N) is 4. The number of rotatable bonds is 10. The summed E-state index contributed by atoms with van der Waals surface area (Å²) in [6.45, 7) is 13.8. The molecule has 3 rings (SSSR count). The van der Waals surface area contributed by atoms with Crippen LogP contribution in [0.2, 0.25) is 0 Å². The molecule has 1 atom stereocenters. The maximum atomic E-state index is 13.9. The molecule has 0 unspecified atom stereocenters. The average molecular weight is 517 g/mol. The van der Waals surface area contributed by atoms with E-state index < -0.39 is 28.9 Å². The second kappa shape index (κ2) is 10.3. The molecule has 0 radical (unpaired) electrons. The van der Waals surface area contributed by atoms with Crippen LogP contribution in [0.3, 0.4) is 0 Å². The Morgan fingerprint density at radius 1 is 1.33 bits per heavy atom. The van der Waals surface area contributed by atoms with Crippen LogP contribution in [0.25, 0.3) is 15.2 Å². The van der Waals surface area contributed by atoms with E-state index in [1.165, 1.54) is 36.9 Å². The van der Waals surface area contributed by atoms with E-state index in [-0.39, 0.29) is 18.0 Å². The van der Waals surface area contributed by atoms with Gasteiger partial charge >= 0.3 is 11.7 Å². The molecule has 0 aromatic carbocycles. The van der Waals surface area contributed by atoms with E-state index in [0.29, 0.717) is 26.7 Å². The number of carboxylic acid groups (broad SMARTS) is 1. The van der Waals surface area contributed by atoms with Crippen LogP contribution in [0.15, 0.2) is 52.0 Å². The normalized spacial score (nSPS) is 13.7. The smallest absolute Gasteiger partial charge is 0.333 e. The molecule has 10 nitrogen and oxygen atoms in total. The van der Waals surface area contributed by atoms with Crippen LogP contribution in [-0.4, -0.2) is 49.3 Å². The van der Waals surface area contributed by atoms with E-state index >= 15 is 0 Å². The third-order valence-electron chi connectivity index (χ3n) is 6.05. The number of carbonyl (C=O) groups is 1. The first kappa shape index (κ1) is 27.2. The third-order valence-corrected chi connectivity index (χ3v) is 7.35. The molecule has 11 heteroatoms. The van der Waals surface area contributed by atoms with Gasteiger partial charge in [0.15, 0.2) is 0 Å². The van der Waals surface area contributed by atoms with Crippen LogP contribution in [-0.2, 0) is 26.4 Å². The molecule has 3 aromatic heterocycles. The predicted octanol–water partition coefficient (Wildman–Crippen LogP) is 3.44. The lowest BCUT2D eigenvalue weighted by atomic mass is 10.1. The van der Waals surface area contributed by atoms with E-state index in [1.54, 1.807) is 43.1 Å². The lowest BCUT2D eigenvalue weighted by molar-refractivity contribution is -0.146. The Labute approximate surface area is 212 Å². The first-order chi connectivity index (χ1) is 16.9. The average Bonchev–Trinajstić information content (AvgIpc) is 3.44. The Balaban J connectivity index is 2.44. The zero-order valence-electron chi connectivity index (χ0n) is 21.6. The first-order valence-electron chi connectivity index (χ1n) is 11.4. The van der Waals surface area contributed by atoms with Gasteiger partial charge in [-0.15, -0.1) is 0 Å². The summed E-state index contributed by atoms with van der Waals surface area (Å²) >= 11 is 1.23. The molecule has 0 spiro atoms. The minimum atomic E-state index is -1.79. The first-order valence-corrected chi connectivity index (χ1v) is 12.2. The molecule has 0 bridgehead atoms. The molecule has 0 saturated carbocycles. The predicted molar refractivity (Wildman–Crippen MR) is 139 cm³/mol. The Morgan fingerprint density at radius 3 is 2.50 bits per heavy atom. The quantitative estimate of drug-likeness (QED) is 0.324. The highest BCUT2D eigenvalue weighted by molar-refractivity contribution is 7.21. The molecule has 0 aliphatic heterocycles. The maximum absolute atomic E-state index is 13.9. The number of aryl methyl sites for hydroxylation is 1. The van der Waals surface area contributed by atoms with Crippen molar-refractivity contribution >= 4 is 27.5 Å². The summed E-state index contributed by atoms with van der Waals surface area (Å²) in [4.78, 5) is 40.0. The van der Waals surface area contributed by atoms with E-state index in [1.807, 2.05) is 13.8 Å². The van der Waals surface area contributed by atoms with Gasteiger partial charge in [0.2, 0.25) is 0 Å². The third kappa shape index (κ3) is 4.68. The fourth-order valence-corrected chi connectivity index (χ4v) is 5.27. The van der Waals surface area contributed by atoms with Gasteiger partial charge in [-0.1, -0.05) is 24.0 Å². The summed E-state index contributed by atoms with van der Waals surface area (Å²) in [5.74, 6) is -0.733. The number of methoxy groups -OCH3 is 1. The molecule has 0 amide bonds. The van der Waals surface area contributed by atoms with Gasteiger partial charge in [0.1, 0.15) is 21.5 Å². The van der Waals surface area contributed by atoms with Crippen LogP contribution < -0.4 is 11.2 Å². The second-order valence-corrected chi connectivity index (χ2v) is 10.1. The van der Waals surface area contributed by atoms with Gasteiger partial charge in [-0.2, -0.15) is 5.10 Å². The number of fused-ring (bicyclic) bond motifs is 1. The van der Waals surface area contributed by atoms with Gasteiger partial charge in [-0.3, -0.25) is 9.36 Å². The highest BCUT2D eigenvalue weighted by atomic mass is 32.1. The van der Waals surface area contributed by atoms with Gasteiger partial charge in [-0.05, 0) is 47.6 Å². The molecular weight excluding hydrogens is 484 g/mol. The summed E-state index contributed by atoms with van der Waals surface area (Å²) in [5, 5.41) is 15.1. The SMILES string of the molecule is C=C/C(=C(\C)OC)[C@H](Cn1c(=O)n(C(C)(C)C(=O)O)c(=O)c2c(C)c(-n3cccn3)sc21)OC(C)C. The maximum Gasteiger partial charge on any atom is 0.333 e. The Kier molecular flexibility index (Phi) is 7.75. The summed E-state index contributed by atoms with van der Waals surface area (Å²) < 4.78 is 15.4. The Bertz CT molecular complexity index is 1440. The van der Waals surface area contributed by atoms with Crippen molar-refractivity contribution in [2.24, 2.45) is 0 Å². The Hall–Kier alpha value is -3.44. The highest BCUT2D eigenvalue weighted by Crippen LogP contribution is 2.32. The zero-order chi connectivity index (χ0) is 26.9. The van der Waals surface area contributed by atoms with Crippen molar-refractivity contribution < 1.29 is 19.4 Å². The van der Waals surface area contributed by atoms with Gasteiger partial charge in [0, 0.05) is 23.5 Å². The highest BCUT2D eigenvalue weighted by Gasteiger charge is 2.36. The lowest BCUT2D eigenvalue weighted by Gasteiger charge is -2.26. The number of aromatic nitrogens is 4. The summed E-state index contributed by atoms with van der Waals surface area (Å²) in [5.41, 5.74) is -1.97. The van der Waals surface area contributed by atoms with Crippen molar-refractivity contribution in [1.29, 1.82) is 0 Å². The van der Waals surface area contributed by atoms with Gasteiger partial charge < -0.3 is 14.6 Å². The number of hydrogen-bond donors (Lipinski definition) is 1. The van der Waals surface area contributed by atoms with E-state index in [2.05, 4.69) is 11.7 Å². The molecule has 3 aromatic rings. The molecule has 1 N–H and O–H groups in total. The van der Waals surface area contributed by atoms with Crippen LogP contribution >= 0.6 is 11.3 Å². The van der Waals surface area contributed by atoms with Crippen LogP contribution in [0.1, 0.15) is 40.2 Å². The van der Waals surface area contributed by atoms with Crippen molar-refractivity contribution in [3.05, 3.63) is 68.8 Å². The molecule has 0 saturated heterocycles. The van der Waals surface area contributed by atoms with Crippen molar-refractivity contribution in [3.63, 3.8) is 0 Å².